The molecule has 1 aliphatic rings. The van der Waals surface area contributed by atoms with Crippen LogP contribution in [-0.2, 0) is 9.47 Å². The fourth-order valence-corrected chi connectivity index (χ4v) is 2.99. The highest BCUT2D eigenvalue weighted by Gasteiger charge is 2.24. The Bertz CT molecular complexity index is 308. The Balaban J connectivity index is 2.10. The third-order valence-electron chi connectivity index (χ3n) is 4.03. The van der Waals surface area contributed by atoms with E-state index in [0.717, 1.165) is 56.9 Å². The number of ether oxygens (including phenoxy) is 2. The third kappa shape index (κ3) is 7.99. The third-order valence-corrected chi connectivity index (χ3v) is 4.03. The van der Waals surface area contributed by atoms with Crippen molar-refractivity contribution in [2.45, 2.75) is 39.5 Å². The summed E-state index contributed by atoms with van der Waals surface area (Å²) < 4.78 is 10.4. The van der Waals surface area contributed by atoms with Crippen molar-refractivity contribution in [3.8, 4) is 0 Å². The van der Waals surface area contributed by atoms with Gasteiger partial charge in [-0.3, -0.25) is 4.99 Å². The van der Waals surface area contributed by atoms with Gasteiger partial charge < -0.3 is 19.7 Å². The molecule has 1 fully saturated rings. The SMILES string of the molecule is CN=C(NCCCCOCCOC)N1CCC(CC(C)C)C1. The van der Waals surface area contributed by atoms with Crippen molar-refractivity contribution in [3.63, 3.8) is 0 Å². The quantitative estimate of drug-likeness (QED) is 0.382. The smallest absolute Gasteiger partial charge is 0.193 e. The first kappa shape index (κ1) is 19.2. The Morgan fingerprint density at radius 3 is 2.77 bits per heavy atom. The van der Waals surface area contributed by atoms with Crippen LogP contribution in [0.5, 0.6) is 0 Å². The van der Waals surface area contributed by atoms with Gasteiger partial charge in [0.1, 0.15) is 0 Å². The molecule has 0 aromatic carbocycles. The number of nitrogens with one attached hydrogen (secondary N) is 1. The molecule has 0 aromatic heterocycles. The van der Waals surface area contributed by atoms with Crippen molar-refractivity contribution in [1.82, 2.24) is 10.2 Å². The van der Waals surface area contributed by atoms with E-state index in [-0.39, 0.29) is 0 Å². The van der Waals surface area contributed by atoms with Crippen LogP contribution in [-0.4, -0.2) is 64.5 Å². The summed E-state index contributed by atoms with van der Waals surface area (Å²) in [4.78, 5) is 6.83. The van der Waals surface area contributed by atoms with Crippen molar-refractivity contribution >= 4 is 5.96 Å². The van der Waals surface area contributed by atoms with Crippen molar-refractivity contribution < 1.29 is 9.47 Å². The summed E-state index contributed by atoms with van der Waals surface area (Å²) in [6.45, 7) is 10.0. The number of guanidine groups is 1. The molecule has 1 atom stereocenters. The van der Waals surface area contributed by atoms with E-state index >= 15 is 0 Å². The molecule has 5 nitrogen and oxygen atoms in total. The number of methoxy groups -OCH3 is 1. The normalized spacial score (nSPS) is 19.2. The summed E-state index contributed by atoms with van der Waals surface area (Å²) >= 11 is 0. The van der Waals surface area contributed by atoms with Crippen LogP contribution in [0.4, 0.5) is 0 Å². The summed E-state index contributed by atoms with van der Waals surface area (Å²) in [5.74, 6) is 2.68. The fourth-order valence-electron chi connectivity index (χ4n) is 2.99. The molecule has 1 unspecified atom stereocenters. The van der Waals surface area contributed by atoms with E-state index in [9.17, 15) is 0 Å². The first-order valence-electron chi connectivity index (χ1n) is 8.69. The van der Waals surface area contributed by atoms with Gasteiger partial charge in [0, 0.05) is 40.4 Å². The predicted octanol–water partition coefficient (Wildman–Crippen LogP) is 2.37. The number of likely N-dealkylation sites (tertiary alicyclic amines) is 1. The Morgan fingerprint density at radius 1 is 1.27 bits per heavy atom. The van der Waals surface area contributed by atoms with Gasteiger partial charge in [-0.25, -0.2) is 0 Å². The minimum atomic E-state index is 0.678. The van der Waals surface area contributed by atoms with E-state index in [1.54, 1.807) is 7.11 Å². The lowest BCUT2D eigenvalue weighted by Gasteiger charge is -2.22. The van der Waals surface area contributed by atoms with Gasteiger partial charge in [0.25, 0.3) is 0 Å². The second-order valence-corrected chi connectivity index (χ2v) is 6.52. The molecular weight excluding hydrogens is 278 g/mol. The van der Waals surface area contributed by atoms with Crippen LogP contribution in [0.15, 0.2) is 4.99 Å². The Labute approximate surface area is 136 Å². The van der Waals surface area contributed by atoms with Crippen LogP contribution in [0.25, 0.3) is 0 Å². The molecule has 1 aliphatic heterocycles. The zero-order valence-electron chi connectivity index (χ0n) is 14.9. The van der Waals surface area contributed by atoms with Gasteiger partial charge in [-0.05, 0) is 37.5 Å². The van der Waals surface area contributed by atoms with Crippen molar-refractivity contribution in [3.05, 3.63) is 0 Å². The zero-order chi connectivity index (χ0) is 16.2. The van der Waals surface area contributed by atoms with E-state index in [4.69, 9.17) is 9.47 Å². The molecule has 5 heteroatoms. The molecule has 1 rings (SSSR count). The van der Waals surface area contributed by atoms with Crippen molar-refractivity contribution in [2.24, 2.45) is 16.8 Å². The lowest BCUT2D eigenvalue weighted by molar-refractivity contribution is 0.0689. The monoisotopic (exact) mass is 313 g/mol. The number of hydrogen-bond acceptors (Lipinski definition) is 3. The van der Waals surface area contributed by atoms with Crippen molar-refractivity contribution in [1.29, 1.82) is 0 Å². The van der Waals surface area contributed by atoms with Gasteiger partial charge >= 0.3 is 0 Å². The number of unbranched alkanes of at least 4 members (excludes halogenated alkanes) is 1. The molecule has 0 amide bonds. The molecule has 0 radical (unpaired) electrons. The minimum Gasteiger partial charge on any atom is -0.382 e. The standard InChI is InChI=1S/C17H35N3O2/c1-15(2)13-16-7-9-20(14-16)17(18-3)19-8-5-6-10-22-12-11-21-4/h15-16H,5-14H2,1-4H3,(H,18,19). The van der Waals surface area contributed by atoms with Gasteiger partial charge in [-0.15, -0.1) is 0 Å². The van der Waals surface area contributed by atoms with E-state index in [1.165, 1.54) is 12.8 Å². The van der Waals surface area contributed by atoms with Crippen LogP contribution in [0.3, 0.4) is 0 Å². The summed E-state index contributed by atoms with van der Waals surface area (Å²) in [6, 6.07) is 0. The maximum absolute atomic E-state index is 5.46. The molecule has 0 spiro atoms. The van der Waals surface area contributed by atoms with Gasteiger partial charge in [-0.2, -0.15) is 0 Å². The number of hydrogen-bond donors (Lipinski definition) is 1. The van der Waals surface area contributed by atoms with Gasteiger partial charge in [0.05, 0.1) is 13.2 Å². The van der Waals surface area contributed by atoms with Crippen LogP contribution in [0, 0.1) is 11.8 Å². The molecule has 1 N–H and O–H groups in total. The van der Waals surface area contributed by atoms with Crippen LogP contribution in [0.2, 0.25) is 0 Å². The van der Waals surface area contributed by atoms with E-state index in [0.29, 0.717) is 13.2 Å². The van der Waals surface area contributed by atoms with Gasteiger partial charge in [0.2, 0.25) is 0 Å². The van der Waals surface area contributed by atoms with Gasteiger partial charge in [0.15, 0.2) is 5.96 Å². The molecule has 0 saturated carbocycles. The predicted molar refractivity (Wildman–Crippen MR) is 92.4 cm³/mol. The maximum atomic E-state index is 5.46. The largest absolute Gasteiger partial charge is 0.382 e. The lowest BCUT2D eigenvalue weighted by atomic mass is 9.97. The Hall–Kier alpha value is -0.810. The average Bonchev–Trinajstić information content (AvgIpc) is 2.93. The number of aliphatic imine (C=N–C) groups is 1. The highest BCUT2D eigenvalue weighted by molar-refractivity contribution is 5.80. The highest BCUT2D eigenvalue weighted by Crippen LogP contribution is 2.23. The minimum absolute atomic E-state index is 0.678. The molecular formula is C17H35N3O2. The molecule has 1 heterocycles. The van der Waals surface area contributed by atoms with E-state index < -0.39 is 0 Å². The van der Waals surface area contributed by atoms with E-state index in [2.05, 4.69) is 29.1 Å². The Morgan fingerprint density at radius 2 is 2.09 bits per heavy atom. The first-order chi connectivity index (χ1) is 10.7. The molecule has 22 heavy (non-hydrogen) atoms. The van der Waals surface area contributed by atoms with Crippen LogP contribution in [0.1, 0.15) is 39.5 Å². The summed E-state index contributed by atoms with van der Waals surface area (Å²) in [5, 5.41) is 3.48. The zero-order valence-corrected chi connectivity index (χ0v) is 14.9. The molecule has 0 aliphatic carbocycles. The molecule has 130 valence electrons. The molecule has 0 bridgehead atoms. The van der Waals surface area contributed by atoms with Crippen LogP contribution >= 0.6 is 0 Å². The van der Waals surface area contributed by atoms with Crippen molar-refractivity contribution in [2.75, 3.05) is 53.6 Å². The second-order valence-electron chi connectivity index (χ2n) is 6.52. The highest BCUT2D eigenvalue weighted by atomic mass is 16.5. The molecule has 0 aromatic rings. The summed E-state index contributed by atoms with van der Waals surface area (Å²) in [6.07, 6.45) is 4.80. The second kappa shape index (κ2) is 11.7. The summed E-state index contributed by atoms with van der Waals surface area (Å²) in [7, 11) is 3.58. The Kier molecular flexibility index (Phi) is 10.2. The topological polar surface area (TPSA) is 46.1 Å². The fraction of sp³-hybridized carbons (Fsp3) is 0.941. The van der Waals surface area contributed by atoms with Gasteiger partial charge in [-0.1, -0.05) is 13.8 Å². The summed E-state index contributed by atoms with van der Waals surface area (Å²) in [5.41, 5.74) is 0. The van der Waals surface area contributed by atoms with Crippen LogP contribution < -0.4 is 5.32 Å². The maximum Gasteiger partial charge on any atom is 0.193 e. The number of rotatable bonds is 10. The lowest BCUT2D eigenvalue weighted by Crippen LogP contribution is -2.40. The van der Waals surface area contributed by atoms with E-state index in [1.807, 2.05) is 7.05 Å². The first-order valence-corrected chi connectivity index (χ1v) is 8.69. The number of nitrogens with zero attached hydrogens (tertiary/aromatic N) is 2. The molecule has 1 saturated heterocycles. The average molecular weight is 313 g/mol.